The molecular weight excluding hydrogens is 354 g/mol. The number of nitrogens with one attached hydrogen (secondary N) is 2. The minimum atomic E-state index is -0.874. The third-order valence-corrected chi connectivity index (χ3v) is 3.78. The lowest BCUT2D eigenvalue weighted by molar-refractivity contribution is -0.136. The third-order valence-electron chi connectivity index (χ3n) is 3.37. The average Bonchev–Trinajstić information content (AvgIpc) is 2.64. The molecule has 6 nitrogen and oxygen atoms in total. The SMILES string of the molecule is CCCOc1ccc(/C=N/NC(=O)C(=O)Nc2ccc(C)c(Cl)c2)cc1. The Morgan fingerprint density at radius 2 is 1.88 bits per heavy atom. The van der Waals surface area contributed by atoms with Crippen molar-refractivity contribution in [2.24, 2.45) is 5.10 Å². The zero-order valence-corrected chi connectivity index (χ0v) is 15.3. The van der Waals surface area contributed by atoms with Gasteiger partial charge >= 0.3 is 11.8 Å². The number of hydrogen-bond donors (Lipinski definition) is 2. The highest BCUT2D eigenvalue weighted by atomic mass is 35.5. The molecule has 2 N–H and O–H groups in total. The van der Waals surface area contributed by atoms with Crippen LogP contribution in [-0.2, 0) is 9.59 Å². The summed E-state index contributed by atoms with van der Waals surface area (Å²) in [6.45, 7) is 4.54. The average molecular weight is 374 g/mol. The second-order valence-electron chi connectivity index (χ2n) is 5.53. The molecule has 7 heteroatoms. The van der Waals surface area contributed by atoms with Gasteiger partial charge in [0.1, 0.15) is 5.75 Å². The Labute approximate surface area is 157 Å². The summed E-state index contributed by atoms with van der Waals surface area (Å²) in [5.74, 6) is -0.935. The van der Waals surface area contributed by atoms with Crippen molar-refractivity contribution < 1.29 is 14.3 Å². The lowest BCUT2D eigenvalue weighted by Gasteiger charge is -2.06. The van der Waals surface area contributed by atoms with Crippen LogP contribution >= 0.6 is 11.6 Å². The summed E-state index contributed by atoms with van der Waals surface area (Å²) in [5.41, 5.74) is 4.26. The summed E-state index contributed by atoms with van der Waals surface area (Å²) < 4.78 is 5.48. The maximum atomic E-state index is 11.8. The van der Waals surface area contributed by atoms with E-state index < -0.39 is 11.8 Å². The Morgan fingerprint density at radius 3 is 2.54 bits per heavy atom. The summed E-state index contributed by atoms with van der Waals surface area (Å²) >= 11 is 5.98. The van der Waals surface area contributed by atoms with Crippen LogP contribution in [0.2, 0.25) is 5.02 Å². The van der Waals surface area contributed by atoms with Crippen molar-refractivity contribution in [3.05, 3.63) is 58.6 Å². The van der Waals surface area contributed by atoms with Gasteiger partial charge in [0.2, 0.25) is 0 Å². The van der Waals surface area contributed by atoms with Gasteiger partial charge in [-0.3, -0.25) is 9.59 Å². The van der Waals surface area contributed by atoms with E-state index in [1.165, 1.54) is 6.21 Å². The zero-order chi connectivity index (χ0) is 18.9. The second-order valence-corrected chi connectivity index (χ2v) is 5.94. The molecule has 0 aliphatic rings. The number of carbonyl (C=O) groups is 2. The van der Waals surface area contributed by atoms with E-state index in [1.54, 1.807) is 30.3 Å². The van der Waals surface area contributed by atoms with E-state index >= 15 is 0 Å². The van der Waals surface area contributed by atoms with E-state index in [9.17, 15) is 9.59 Å². The molecule has 2 rings (SSSR count). The molecule has 0 bridgehead atoms. The van der Waals surface area contributed by atoms with Gasteiger partial charge in [0.25, 0.3) is 0 Å². The Kier molecular flexibility index (Phi) is 7.17. The van der Waals surface area contributed by atoms with Gasteiger partial charge in [-0.05, 0) is 60.9 Å². The first-order valence-electron chi connectivity index (χ1n) is 8.13. The maximum Gasteiger partial charge on any atom is 0.329 e. The molecule has 0 aliphatic carbocycles. The van der Waals surface area contributed by atoms with E-state index in [4.69, 9.17) is 16.3 Å². The molecule has 0 fully saturated rings. The van der Waals surface area contributed by atoms with Crippen molar-refractivity contribution in [2.45, 2.75) is 20.3 Å². The molecule has 0 heterocycles. The van der Waals surface area contributed by atoms with Crippen molar-refractivity contribution in [1.82, 2.24) is 5.43 Å². The normalized spacial score (nSPS) is 10.6. The monoisotopic (exact) mass is 373 g/mol. The number of hydrazone groups is 1. The largest absolute Gasteiger partial charge is 0.494 e. The number of halogens is 1. The van der Waals surface area contributed by atoms with Crippen molar-refractivity contribution in [3.8, 4) is 5.75 Å². The molecule has 2 aromatic rings. The van der Waals surface area contributed by atoms with Crippen molar-refractivity contribution in [3.63, 3.8) is 0 Å². The molecule has 0 saturated carbocycles. The molecule has 0 aromatic heterocycles. The molecule has 0 unspecified atom stereocenters. The van der Waals surface area contributed by atoms with Gasteiger partial charge in [0.05, 0.1) is 12.8 Å². The molecule has 0 aliphatic heterocycles. The predicted octanol–water partition coefficient (Wildman–Crippen LogP) is 3.53. The summed E-state index contributed by atoms with van der Waals surface area (Å²) in [4.78, 5) is 23.6. The van der Waals surface area contributed by atoms with Gasteiger partial charge in [0.15, 0.2) is 0 Å². The topological polar surface area (TPSA) is 79.8 Å². The van der Waals surface area contributed by atoms with Crippen LogP contribution in [0.1, 0.15) is 24.5 Å². The van der Waals surface area contributed by atoms with Crippen molar-refractivity contribution >= 4 is 35.3 Å². The molecule has 0 radical (unpaired) electrons. The Balaban J connectivity index is 1.85. The number of amides is 2. The van der Waals surface area contributed by atoms with Crippen molar-refractivity contribution in [1.29, 1.82) is 0 Å². The van der Waals surface area contributed by atoms with Crippen LogP contribution in [0.25, 0.3) is 0 Å². The first-order chi connectivity index (χ1) is 12.5. The standard InChI is InChI=1S/C19H20ClN3O3/c1-3-10-26-16-8-5-14(6-9-16)12-21-23-19(25)18(24)22-15-7-4-13(2)17(20)11-15/h4-9,11-12H,3,10H2,1-2H3,(H,22,24)(H,23,25)/b21-12+. The molecule has 26 heavy (non-hydrogen) atoms. The molecule has 2 aromatic carbocycles. The number of rotatable bonds is 6. The minimum absolute atomic E-state index is 0.437. The number of carbonyl (C=O) groups excluding carboxylic acids is 2. The summed E-state index contributed by atoms with van der Waals surface area (Å²) in [6, 6.07) is 12.2. The molecule has 0 spiro atoms. The van der Waals surface area contributed by atoms with Gasteiger partial charge < -0.3 is 10.1 Å². The summed E-state index contributed by atoms with van der Waals surface area (Å²) in [7, 11) is 0. The second kappa shape index (κ2) is 9.58. The van der Waals surface area contributed by atoms with Crippen LogP contribution in [0.15, 0.2) is 47.6 Å². The van der Waals surface area contributed by atoms with E-state index in [0.717, 1.165) is 23.3 Å². The summed E-state index contributed by atoms with van der Waals surface area (Å²) in [6.07, 6.45) is 2.38. The van der Waals surface area contributed by atoms with Gasteiger partial charge in [-0.1, -0.05) is 24.6 Å². The van der Waals surface area contributed by atoms with Crippen LogP contribution in [0.4, 0.5) is 5.69 Å². The fourth-order valence-electron chi connectivity index (χ4n) is 1.94. The Morgan fingerprint density at radius 1 is 1.15 bits per heavy atom. The van der Waals surface area contributed by atoms with E-state index in [1.807, 2.05) is 26.0 Å². The Bertz CT molecular complexity index is 804. The van der Waals surface area contributed by atoms with E-state index in [2.05, 4.69) is 15.8 Å². The Hall–Kier alpha value is -2.86. The highest BCUT2D eigenvalue weighted by molar-refractivity contribution is 6.39. The maximum absolute atomic E-state index is 11.8. The quantitative estimate of drug-likeness (QED) is 0.462. The van der Waals surface area contributed by atoms with Crippen LogP contribution in [0.3, 0.4) is 0 Å². The minimum Gasteiger partial charge on any atom is -0.494 e. The van der Waals surface area contributed by atoms with E-state index in [0.29, 0.717) is 17.3 Å². The lowest BCUT2D eigenvalue weighted by atomic mass is 10.2. The lowest BCUT2D eigenvalue weighted by Crippen LogP contribution is -2.32. The number of anilines is 1. The highest BCUT2D eigenvalue weighted by Crippen LogP contribution is 2.19. The fraction of sp³-hybridized carbons (Fsp3) is 0.211. The molecule has 2 amide bonds. The number of ether oxygens (including phenoxy) is 1. The van der Waals surface area contributed by atoms with Crippen molar-refractivity contribution in [2.75, 3.05) is 11.9 Å². The van der Waals surface area contributed by atoms with Gasteiger partial charge in [0, 0.05) is 10.7 Å². The molecule has 0 saturated heterocycles. The van der Waals surface area contributed by atoms with Crippen LogP contribution in [0, 0.1) is 6.92 Å². The predicted molar refractivity (Wildman–Crippen MR) is 103 cm³/mol. The fourth-order valence-corrected chi connectivity index (χ4v) is 2.13. The highest BCUT2D eigenvalue weighted by Gasteiger charge is 2.13. The molecule has 136 valence electrons. The van der Waals surface area contributed by atoms with Crippen LogP contribution in [-0.4, -0.2) is 24.6 Å². The van der Waals surface area contributed by atoms with Gasteiger partial charge in [-0.25, -0.2) is 5.43 Å². The third kappa shape index (κ3) is 5.89. The zero-order valence-electron chi connectivity index (χ0n) is 14.6. The van der Waals surface area contributed by atoms with Gasteiger partial charge in [-0.2, -0.15) is 5.10 Å². The summed E-state index contributed by atoms with van der Waals surface area (Å²) in [5, 5.41) is 6.74. The smallest absolute Gasteiger partial charge is 0.329 e. The molecule has 0 atom stereocenters. The first-order valence-corrected chi connectivity index (χ1v) is 8.50. The van der Waals surface area contributed by atoms with Crippen LogP contribution < -0.4 is 15.5 Å². The number of nitrogens with zero attached hydrogens (tertiary/aromatic N) is 1. The van der Waals surface area contributed by atoms with E-state index in [-0.39, 0.29) is 0 Å². The molecular formula is C19H20ClN3O3. The van der Waals surface area contributed by atoms with Gasteiger partial charge in [-0.15, -0.1) is 0 Å². The van der Waals surface area contributed by atoms with Crippen LogP contribution in [0.5, 0.6) is 5.75 Å². The number of benzene rings is 2. The number of aryl methyl sites for hydroxylation is 1. The first kappa shape index (κ1) is 19.5. The number of hydrogen-bond acceptors (Lipinski definition) is 4.